The fourth-order valence-electron chi connectivity index (χ4n) is 1.20. The molecule has 0 bridgehead atoms. The third-order valence-electron chi connectivity index (χ3n) is 2.04. The number of benzene rings is 1. The normalized spacial score (nSPS) is 11.2. The summed E-state index contributed by atoms with van der Waals surface area (Å²) < 4.78 is 0. The first-order valence-corrected chi connectivity index (χ1v) is 4.81. The molecular weight excluding hydrogens is 226 g/mol. The molecule has 0 aromatic heterocycles. The van der Waals surface area contributed by atoms with Gasteiger partial charge in [0.15, 0.2) is 0 Å². The molecular formula is C10H13N3O4. The first-order valence-electron chi connectivity index (χ1n) is 4.81. The summed E-state index contributed by atoms with van der Waals surface area (Å²) in [4.78, 5) is 11.6. The van der Waals surface area contributed by atoms with Gasteiger partial charge in [-0.2, -0.15) is 0 Å². The van der Waals surface area contributed by atoms with Crippen molar-refractivity contribution in [3.8, 4) is 11.5 Å². The van der Waals surface area contributed by atoms with E-state index in [0.717, 1.165) is 0 Å². The van der Waals surface area contributed by atoms with Crippen molar-refractivity contribution in [2.24, 2.45) is 10.9 Å². The van der Waals surface area contributed by atoms with Crippen molar-refractivity contribution in [2.75, 3.05) is 6.54 Å². The minimum atomic E-state index is -0.633. The molecule has 0 saturated heterocycles. The average molecular weight is 239 g/mol. The molecule has 1 aromatic carbocycles. The number of hydrogen-bond donors (Lipinski definition) is 5. The molecule has 0 atom stereocenters. The summed E-state index contributed by atoms with van der Waals surface area (Å²) in [7, 11) is 0. The van der Waals surface area contributed by atoms with Crippen molar-refractivity contribution in [3.05, 3.63) is 23.8 Å². The van der Waals surface area contributed by atoms with E-state index in [1.165, 1.54) is 18.2 Å². The number of phenolic OH excluding ortho intramolecular Hbond substituents is 2. The molecule has 0 spiro atoms. The van der Waals surface area contributed by atoms with Crippen molar-refractivity contribution in [3.63, 3.8) is 0 Å². The Kier molecular flexibility index (Phi) is 4.15. The van der Waals surface area contributed by atoms with Gasteiger partial charge >= 0.3 is 0 Å². The molecule has 7 nitrogen and oxygen atoms in total. The van der Waals surface area contributed by atoms with Crippen molar-refractivity contribution in [2.45, 2.75) is 6.42 Å². The highest BCUT2D eigenvalue weighted by atomic mass is 16.4. The topological polar surface area (TPSA) is 128 Å². The van der Waals surface area contributed by atoms with E-state index in [2.05, 4.69) is 10.5 Å². The van der Waals surface area contributed by atoms with Crippen LogP contribution in [-0.2, 0) is 0 Å². The largest absolute Gasteiger partial charge is 0.507 e. The monoisotopic (exact) mass is 239 g/mol. The van der Waals surface area contributed by atoms with Gasteiger partial charge < -0.3 is 26.5 Å². The number of aromatic hydroxyl groups is 2. The van der Waals surface area contributed by atoms with Crippen LogP contribution >= 0.6 is 0 Å². The van der Waals surface area contributed by atoms with Crippen LogP contribution in [0.4, 0.5) is 0 Å². The smallest absolute Gasteiger partial charge is 0.258 e. The molecule has 0 aliphatic carbocycles. The molecule has 0 aliphatic rings. The van der Waals surface area contributed by atoms with Crippen LogP contribution < -0.4 is 11.1 Å². The number of amidine groups is 1. The van der Waals surface area contributed by atoms with Gasteiger partial charge in [0, 0.05) is 13.0 Å². The Balaban J connectivity index is 2.65. The molecule has 92 valence electrons. The molecule has 0 heterocycles. The van der Waals surface area contributed by atoms with E-state index in [-0.39, 0.29) is 35.9 Å². The van der Waals surface area contributed by atoms with Gasteiger partial charge in [-0.1, -0.05) is 11.2 Å². The summed E-state index contributed by atoms with van der Waals surface area (Å²) in [6.45, 7) is 0.127. The van der Waals surface area contributed by atoms with E-state index in [1.54, 1.807) is 0 Å². The van der Waals surface area contributed by atoms with Gasteiger partial charge in [-0.15, -0.1) is 0 Å². The highest BCUT2D eigenvalue weighted by Gasteiger charge is 2.15. The van der Waals surface area contributed by atoms with Crippen molar-refractivity contribution < 1.29 is 20.2 Å². The van der Waals surface area contributed by atoms with Gasteiger partial charge in [0.25, 0.3) is 5.91 Å². The number of rotatable bonds is 4. The lowest BCUT2D eigenvalue weighted by Gasteiger charge is -2.07. The molecule has 1 rings (SSSR count). The second kappa shape index (κ2) is 5.59. The first-order chi connectivity index (χ1) is 8.06. The summed E-state index contributed by atoms with van der Waals surface area (Å²) >= 11 is 0. The molecule has 0 radical (unpaired) electrons. The molecule has 1 aromatic rings. The van der Waals surface area contributed by atoms with Crippen LogP contribution in [0.3, 0.4) is 0 Å². The molecule has 7 heteroatoms. The number of hydrogen-bond acceptors (Lipinski definition) is 5. The summed E-state index contributed by atoms with van der Waals surface area (Å²) in [5, 5.41) is 32.2. The number of carbonyl (C=O) groups is 1. The Morgan fingerprint density at radius 2 is 1.94 bits per heavy atom. The van der Waals surface area contributed by atoms with Gasteiger partial charge in [-0.3, -0.25) is 4.79 Å². The highest BCUT2D eigenvalue weighted by Crippen LogP contribution is 2.25. The van der Waals surface area contributed by atoms with Crippen LogP contribution in [0.2, 0.25) is 0 Å². The summed E-state index contributed by atoms with van der Waals surface area (Å²) in [5.41, 5.74) is 5.01. The summed E-state index contributed by atoms with van der Waals surface area (Å²) in [6, 6.07) is 3.99. The molecule has 17 heavy (non-hydrogen) atoms. The van der Waals surface area contributed by atoms with E-state index in [0.29, 0.717) is 0 Å². The Hall–Kier alpha value is -2.44. The number of carbonyl (C=O) groups excluding carboxylic acids is 1. The standard InChI is InChI=1S/C10H13N3O4/c11-8(13-17)4-5-12-10(16)9-6(14)2-1-3-7(9)15/h1-3,14-15,17H,4-5H2,(H2,11,13)(H,12,16). The Labute approximate surface area is 97.2 Å². The first kappa shape index (κ1) is 12.6. The second-order valence-corrected chi connectivity index (χ2v) is 3.27. The minimum absolute atomic E-state index is 0.0215. The molecule has 6 N–H and O–H groups in total. The number of phenols is 2. The SMILES string of the molecule is N/C(CCNC(=O)c1c(O)cccc1O)=N/O. The molecule has 1 amide bonds. The number of nitrogens with one attached hydrogen (secondary N) is 1. The number of nitrogens with zero attached hydrogens (tertiary/aromatic N) is 1. The van der Waals surface area contributed by atoms with Crippen LogP contribution in [0.15, 0.2) is 23.4 Å². The summed E-state index contributed by atoms with van der Waals surface area (Å²) in [5.74, 6) is -1.28. The lowest BCUT2D eigenvalue weighted by Crippen LogP contribution is -2.28. The Morgan fingerprint density at radius 1 is 1.35 bits per heavy atom. The predicted molar refractivity (Wildman–Crippen MR) is 60.1 cm³/mol. The Morgan fingerprint density at radius 3 is 2.47 bits per heavy atom. The highest BCUT2D eigenvalue weighted by molar-refractivity contribution is 5.99. The van der Waals surface area contributed by atoms with E-state index >= 15 is 0 Å². The molecule has 0 fully saturated rings. The fraction of sp³-hybridized carbons (Fsp3) is 0.200. The zero-order valence-corrected chi connectivity index (χ0v) is 8.92. The maximum Gasteiger partial charge on any atom is 0.258 e. The van der Waals surface area contributed by atoms with Crippen LogP contribution in [0.25, 0.3) is 0 Å². The van der Waals surface area contributed by atoms with Crippen LogP contribution in [0.1, 0.15) is 16.8 Å². The van der Waals surface area contributed by atoms with Gasteiger partial charge in [0.1, 0.15) is 22.9 Å². The van der Waals surface area contributed by atoms with Crippen LogP contribution in [0, 0.1) is 0 Å². The van der Waals surface area contributed by atoms with Crippen LogP contribution in [0.5, 0.6) is 11.5 Å². The van der Waals surface area contributed by atoms with Gasteiger partial charge in [0.2, 0.25) is 0 Å². The minimum Gasteiger partial charge on any atom is -0.507 e. The molecule has 0 saturated carbocycles. The third-order valence-corrected chi connectivity index (χ3v) is 2.04. The van der Waals surface area contributed by atoms with Crippen molar-refractivity contribution >= 4 is 11.7 Å². The fourth-order valence-corrected chi connectivity index (χ4v) is 1.20. The van der Waals surface area contributed by atoms with Gasteiger partial charge in [-0.05, 0) is 12.1 Å². The van der Waals surface area contributed by atoms with E-state index in [4.69, 9.17) is 10.9 Å². The molecule has 0 unspecified atom stereocenters. The average Bonchev–Trinajstić information content (AvgIpc) is 2.28. The zero-order chi connectivity index (χ0) is 12.8. The van der Waals surface area contributed by atoms with E-state index in [9.17, 15) is 15.0 Å². The maximum atomic E-state index is 11.6. The van der Waals surface area contributed by atoms with Crippen LogP contribution in [-0.4, -0.2) is 33.7 Å². The van der Waals surface area contributed by atoms with Crippen molar-refractivity contribution in [1.82, 2.24) is 5.32 Å². The maximum absolute atomic E-state index is 11.6. The van der Waals surface area contributed by atoms with Crippen molar-refractivity contribution in [1.29, 1.82) is 0 Å². The Bertz CT molecular complexity index is 425. The quantitative estimate of drug-likeness (QED) is 0.218. The van der Waals surface area contributed by atoms with E-state index in [1.807, 2.05) is 0 Å². The lowest BCUT2D eigenvalue weighted by atomic mass is 10.1. The van der Waals surface area contributed by atoms with Gasteiger partial charge in [0.05, 0.1) is 0 Å². The third kappa shape index (κ3) is 3.26. The zero-order valence-electron chi connectivity index (χ0n) is 8.92. The summed E-state index contributed by atoms with van der Waals surface area (Å²) in [6.07, 6.45) is 0.163. The van der Waals surface area contributed by atoms with E-state index < -0.39 is 5.91 Å². The number of amides is 1. The predicted octanol–water partition coefficient (Wildman–Crippen LogP) is -0.0359. The number of oxime groups is 1. The molecule has 0 aliphatic heterocycles. The number of nitrogens with two attached hydrogens (primary N) is 1. The lowest BCUT2D eigenvalue weighted by molar-refractivity contribution is 0.0949. The second-order valence-electron chi connectivity index (χ2n) is 3.27. The van der Waals surface area contributed by atoms with Gasteiger partial charge in [-0.25, -0.2) is 0 Å².